The van der Waals surface area contributed by atoms with Crippen molar-refractivity contribution < 1.29 is 14.6 Å². The van der Waals surface area contributed by atoms with Gasteiger partial charge in [0.15, 0.2) is 11.5 Å². The van der Waals surface area contributed by atoms with Crippen molar-refractivity contribution in [3.05, 3.63) is 52.0 Å². The molecule has 2 atom stereocenters. The molecule has 160 valence electrons. The Bertz CT molecular complexity index is 946. The van der Waals surface area contributed by atoms with Crippen LogP contribution in [-0.2, 0) is 0 Å². The molecule has 6 heteroatoms. The van der Waals surface area contributed by atoms with Gasteiger partial charge in [0.25, 0.3) is 0 Å². The van der Waals surface area contributed by atoms with Crippen LogP contribution in [0.5, 0.6) is 17.2 Å². The zero-order valence-electron chi connectivity index (χ0n) is 17.6. The summed E-state index contributed by atoms with van der Waals surface area (Å²) in [6.45, 7) is 4.64. The minimum atomic E-state index is -0.392. The maximum atomic E-state index is 10.5. The summed E-state index contributed by atoms with van der Waals surface area (Å²) in [6, 6.07) is 11.6. The van der Waals surface area contributed by atoms with Crippen LogP contribution in [0.1, 0.15) is 69.5 Å². The van der Waals surface area contributed by atoms with Gasteiger partial charge >= 0.3 is 0 Å². The van der Waals surface area contributed by atoms with Crippen molar-refractivity contribution in [1.29, 1.82) is 0 Å². The predicted molar refractivity (Wildman–Crippen MR) is 123 cm³/mol. The molecule has 2 aromatic carbocycles. The number of hydrogen-bond donors (Lipinski definition) is 2. The van der Waals surface area contributed by atoms with E-state index in [1.165, 1.54) is 19.3 Å². The summed E-state index contributed by atoms with van der Waals surface area (Å²) >= 11 is 3.54. The molecular formula is C24H29BrN2O3. The molecule has 0 bridgehead atoms. The molecule has 0 unspecified atom stereocenters. The van der Waals surface area contributed by atoms with Gasteiger partial charge in [-0.2, -0.15) is 0 Å². The first-order valence-corrected chi connectivity index (χ1v) is 11.5. The Kier molecular flexibility index (Phi) is 6.34. The average molecular weight is 473 g/mol. The second kappa shape index (κ2) is 8.98. The lowest BCUT2D eigenvalue weighted by molar-refractivity contribution is 0.174. The quantitative estimate of drug-likeness (QED) is 0.478. The third-order valence-electron chi connectivity index (χ3n) is 5.85. The summed E-state index contributed by atoms with van der Waals surface area (Å²) in [5.41, 5.74) is 2.56. The van der Waals surface area contributed by atoms with E-state index in [2.05, 4.69) is 35.1 Å². The molecule has 0 radical (unpaired) electrons. The van der Waals surface area contributed by atoms with E-state index in [1.807, 2.05) is 30.3 Å². The van der Waals surface area contributed by atoms with Gasteiger partial charge < -0.3 is 14.6 Å². The molecule has 2 aromatic rings. The lowest BCUT2D eigenvalue weighted by Gasteiger charge is -2.38. The highest BCUT2D eigenvalue weighted by atomic mass is 79.9. The molecule has 0 amide bonds. The van der Waals surface area contributed by atoms with Crippen LogP contribution in [0.3, 0.4) is 0 Å². The first kappa shape index (κ1) is 21.2. The number of halogens is 1. The summed E-state index contributed by atoms with van der Waals surface area (Å²) in [5, 5.41) is 14.3. The normalized spacial score (nSPS) is 22.8. The molecule has 0 aliphatic carbocycles. The molecule has 0 saturated heterocycles. The zero-order chi connectivity index (χ0) is 21.1. The van der Waals surface area contributed by atoms with Crippen molar-refractivity contribution in [2.75, 3.05) is 6.79 Å². The van der Waals surface area contributed by atoms with Gasteiger partial charge in [-0.1, -0.05) is 42.1 Å². The SMILES string of the molecule is CCCCCC[C@]1(C)N=C(c2ccc3c(c2)OCO3)C[C@H](c2cc(Br)ccc2O)N1. The maximum Gasteiger partial charge on any atom is 0.231 e. The molecule has 2 N–H and O–H groups in total. The summed E-state index contributed by atoms with van der Waals surface area (Å²) in [4.78, 5) is 5.15. The largest absolute Gasteiger partial charge is 0.508 e. The second-order valence-corrected chi connectivity index (χ2v) is 9.23. The Balaban J connectivity index is 1.66. The Labute approximate surface area is 186 Å². The molecule has 0 saturated carbocycles. The van der Waals surface area contributed by atoms with Gasteiger partial charge in [0, 0.05) is 28.2 Å². The van der Waals surface area contributed by atoms with E-state index in [1.54, 1.807) is 6.07 Å². The monoisotopic (exact) mass is 472 g/mol. The van der Waals surface area contributed by atoms with Crippen LogP contribution in [0.4, 0.5) is 0 Å². The molecule has 2 aliphatic rings. The second-order valence-electron chi connectivity index (χ2n) is 8.32. The molecule has 4 rings (SSSR count). The van der Waals surface area contributed by atoms with Gasteiger partial charge in [-0.25, -0.2) is 0 Å². The molecule has 0 aromatic heterocycles. The van der Waals surface area contributed by atoms with Crippen LogP contribution in [-0.4, -0.2) is 23.3 Å². The first-order valence-electron chi connectivity index (χ1n) is 10.7. The number of aliphatic imine (C=N–C) groups is 1. The van der Waals surface area contributed by atoms with Gasteiger partial charge in [-0.3, -0.25) is 10.3 Å². The minimum Gasteiger partial charge on any atom is -0.508 e. The summed E-state index contributed by atoms with van der Waals surface area (Å²) in [5.74, 6) is 1.84. The molecule has 0 spiro atoms. The smallest absolute Gasteiger partial charge is 0.231 e. The van der Waals surface area contributed by atoms with Gasteiger partial charge in [0.05, 0.1) is 0 Å². The lowest BCUT2D eigenvalue weighted by Crippen LogP contribution is -2.47. The van der Waals surface area contributed by atoms with Crippen molar-refractivity contribution in [3.63, 3.8) is 0 Å². The number of nitrogens with one attached hydrogen (secondary N) is 1. The average Bonchev–Trinajstić information content (AvgIpc) is 3.20. The molecule has 5 nitrogen and oxygen atoms in total. The fourth-order valence-electron chi connectivity index (χ4n) is 4.27. The number of hydrogen-bond acceptors (Lipinski definition) is 5. The number of aromatic hydroxyl groups is 1. The van der Waals surface area contributed by atoms with Crippen molar-refractivity contribution in [2.45, 2.75) is 64.1 Å². The number of phenols is 1. The van der Waals surface area contributed by atoms with E-state index in [9.17, 15) is 5.11 Å². The van der Waals surface area contributed by atoms with E-state index < -0.39 is 5.66 Å². The summed E-state index contributed by atoms with van der Waals surface area (Å²) < 4.78 is 12.0. The topological polar surface area (TPSA) is 63.1 Å². The number of unbranched alkanes of at least 4 members (excludes halogenated alkanes) is 3. The van der Waals surface area contributed by atoms with Crippen LogP contribution in [0.2, 0.25) is 0 Å². The van der Waals surface area contributed by atoms with E-state index >= 15 is 0 Å². The molecule has 30 heavy (non-hydrogen) atoms. The Hall–Kier alpha value is -2.05. The van der Waals surface area contributed by atoms with Gasteiger partial charge in [-0.15, -0.1) is 0 Å². The number of fused-ring (bicyclic) bond motifs is 1. The van der Waals surface area contributed by atoms with Crippen LogP contribution in [0.15, 0.2) is 45.9 Å². The highest BCUT2D eigenvalue weighted by Crippen LogP contribution is 2.38. The fourth-order valence-corrected chi connectivity index (χ4v) is 4.65. The third kappa shape index (κ3) is 4.65. The van der Waals surface area contributed by atoms with Gasteiger partial charge in [0.2, 0.25) is 6.79 Å². The molecule has 2 heterocycles. The number of benzene rings is 2. The molecule has 0 fully saturated rings. The van der Waals surface area contributed by atoms with Crippen molar-refractivity contribution in [2.24, 2.45) is 4.99 Å². The first-order chi connectivity index (χ1) is 14.5. The maximum absolute atomic E-state index is 10.5. The number of nitrogens with zero attached hydrogens (tertiary/aromatic N) is 1. The van der Waals surface area contributed by atoms with E-state index in [0.717, 1.165) is 45.7 Å². The molecule has 2 aliphatic heterocycles. The van der Waals surface area contributed by atoms with Gasteiger partial charge in [-0.05, 0) is 61.7 Å². The Morgan fingerprint density at radius 3 is 2.80 bits per heavy atom. The minimum absolute atomic E-state index is 0.0309. The highest BCUT2D eigenvalue weighted by molar-refractivity contribution is 9.10. The fraction of sp³-hybridized carbons (Fsp3) is 0.458. The Morgan fingerprint density at radius 1 is 1.13 bits per heavy atom. The van der Waals surface area contributed by atoms with E-state index in [0.29, 0.717) is 12.2 Å². The summed E-state index contributed by atoms with van der Waals surface area (Å²) in [6.07, 6.45) is 6.41. The van der Waals surface area contributed by atoms with Crippen molar-refractivity contribution >= 4 is 21.6 Å². The van der Waals surface area contributed by atoms with Crippen LogP contribution >= 0.6 is 15.9 Å². The van der Waals surface area contributed by atoms with E-state index in [-0.39, 0.29) is 12.8 Å². The zero-order valence-corrected chi connectivity index (χ0v) is 19.2. The Morgan fingerprint density at radius 2 is 1.97 bits per heavy atom. The van der Waals surface area contributed by atoms with Crippen molar-refractivity contribution in [3.8, 4) is 17.2 Å². The lowest BCUT2D eigenvalue weighted by atomic mass is 9.90. The predicted octanol–water partition coefficient (Wildman–Crippen LogP) is 6.09. The van der Waals surface area contributed by atoms with Crippen LogP contribution < -0.4 is 14.8 Å². The van der Waals surface area contributed by atoms with Crippen LogP contribution in [0, 0.1) is 0 Å². The third-order valence-corrected chi connectivity index (χ3v) is 6.35. The number of ether oxygens (including phenoxy) is 2. The summed E-state index contributed by atoms with van der Waals surface area (Å²) in [7, 11) is 0. The number of rotatable bonds is 7. The highest BCUT2D eigenvalue weighted by Gasteiger charge is 2.34. The van der Waals surface area contributed by atoms with Crippen LogP contribution in [0.25, 0.3) is 0 Å². The standard InChI is InChI=1S/C24H29BrN2O3/c1-3-4-5-6-11-24(2)26-19(16-7-10-22-23(12-16)30-15-29-22)14-20(27-24)18-13-17(25)8-9-21(18)28/h7-10,12-13,20,27-28H,3-6,11,14-15H2,1-2H3/t20-,24-/m1/s1. The van der Waals surface area contributed by atoms with E-state index in [4.69, 9.17) is 14.5 Å². The molecular weight excluding hydrogens is 444 g/mol. The van der Waals surface area contributed by atoms with Gasteiger partial charge in [0.1, 0.15) is 11.4 Å². The van der Waals surface area contributed by atoms with Crippen molar-refractivity contribution in [1.82, 2.24) is 5.32 Å². The number of phenolic OH excluding ortho intramolecular Hbond substituents is 1.